The molecule has 0 N–H and O–H groups in total. The fourth-order valence-electron chi connectivity index (χ4n) is 1.21. The third-order valence-electron chi connectivity index (χ3n) is 1.96. The molecule has 0 fully saturated rings. The van der Waals surface area contributed by atoms with E-state index in [2.05, 4.69) is 13.8 Å². The molecule has 0 heterocycles. The normalized spacial score (nSPS) is 10.7. The van der Waals surface area contributed by atoms with Crippen LogP contribution in [0.4, 0.5) is 0 Å². The predicted octanol–water partition coefficient (Wildman–Crippen LogP) is 2.81. The molecule has 0 amide bonds. The van der Waals surface area contributed by atoms with E-state index in [0.29, 0.717) is 0 Å². The van der Waals surface area contributed by atoms with Crippen LogP contribution in [0.3, 0.4) is 0 Å². The lowest BCUT2D eigenvalue weighted by atomic mass is 10.1. The second-order valence-electron chi connectivity index (χ2n) is 3.53. The Kier molecular flexibility index (Phi) is 13.7. The van der Waals surface area contributed by atoms with E-state index >= 15 is 0 Å². The zero-order valence-electron chi connectivity index (χ0n) is 9.70. The second kappa shape index (κ2) is 11.9. The lowest BCUT2D eigenvalue weighted by Gasteiger charge is -2.06. The largest absolute Gasteiger partial charge is 0.759 e. The summed E-state index contributed by atoms with van der Waals surface area (Å²) >= 11 is 0. The minimum atomic E-state index is -5.17. The first-order valence-electron chi connectivity index (χ1n) is 5.58. The predicted molar refractivity (Wildman–Crippen MR) is 58.8 cm³/mol. The van der Waals surface area contributed by atoms with Gasteiger partial charge in [0, 0.05) is 10.4 Å². The van der Waals surface area contributed by atoms with Crippen molar-refractivity contribution in [3.05, 3.63) is 0 Å². The maximum Gasteiger partial charge on any atom is 0.0311 e. The lowest BCUT2D eigenvalue weighted by molar-refractivity contribution is 0.352. The molecule has 0 aliphatic carbocycles. The Morgan fingerprint density at radius 3 is 1.13 bits per heavy atom. The van der Waals surface area contributed by atoms with Crippen molar-refractivity contribution in [2.45, 2.75) is 65.2 Å². The zero-order valence-corrected chi connectivity index (χ0v) is 10.5. The molecule has 5 heteroatoms. The number of hydrogen-bond donors (Lipinski definition) is 0. The molecule has 0 rings (SSSR count). The summed E-state index contributed by atoms with van der Waals surface area (Å²) in [5, 5.41) is 0. The molecule has 0 bridgehead atoms. The quantitative estimate of drug-likeness (QED) is 0.388. The van der Waals surface area contributed by atoms with Crippen LogP contribution >= 0.6 is 0 Å². The number of unbranched alkanes of at least 4 members (excludes halogenated alkanes) is 7. The molecular formula is C10H22O4S-2. The summed E-state index contributed by atoms with van der Waals surface area (Å²) in [7, 11) is -5.17. The molecule has 0 unspecified atom stereocenters. The van der Waals surface area contributed by atoms with Crippen LogP contribution in [0.2, 0.25) is 0 Å². The van der Waals surface area contributed by atoms with Crippen LogP contribution in [-0.2, 0) is 10.4 Å². The summed E-state index contributed by atoms with van der Waals surface area (Å²) in [6.45, 7) is 4.54. The first-order chi connectivity index (χ1) is 6.91. The Bertz CT molecular complexity index is 183. The van der Waals surface area contributed by atoms with Crippen LogP contribution in [0.5, 0.6) is 0 Å². The molecule has 15 heavy (non-hydrogen) atoms. The molecule has 0 spiro atoms. The van der Waals surface area contributed by atoms with Gasteiger partial charge in [0.15, 0.2) is 0 Å². The molecule has 0 radical (unpaired) electrons. The van der Waals surface area contributed by atoms with E-state index in [-0.39, 0.29) is 0 Å². The Morgan fingerprint density at radius 1 is 0.733 bits per heavy atom. The van der Waals surface area contributed by atoms with Gasteiger partial charge in [-0.1, -0.05) is 65.2 Å². The standard InChI is InChI=1S/C10H22.H2O4S/c1-3-5-7-9-10-8-6-4-2;1-5(2,3)4/h3-10H2,1-2H3;(H2,1,2,3,4)/p-2. The van der Waals surface area contributed by atoms with Crippen molar-refractivity contribution in [3.8, 4) is 0 Å². The molecule has 0 aromatic heterocycles. The van der Waals surface area contributed by atoms with Crippen molar-refractivity contribution in [3.63, 3.8) is 0 Å². The van der Waals surface area contributed by atoms with Crippen LogP contribution in [0.25, 0.3) is 0 Å². The third-order valence-corrected chi connectivity index (χ3v) is 1.96. The molecule has 0 aliphatic rings. The molecule has 94 valence electrons. The van der Waals surface area contributed by atoms with Gasteiger partial charge in [-0.15, -0.1) is 0 Å². The monoisotopic (exact) mass is 238 g/mol. The minimum Gasteiger partial charge on any atom is -0.759 e. The highest BCUT2D eigenvalue weighted by Gasteiger charge is 1.87. The van der Waals surface area contributed by atoms with Crippen LogP contribution in [0.1, 0.15) is 65.2 Å². The highest BCUT2D eigenvalue weighted by Crippen LogP contribution is 2.07. The molecule has 0 saturated carbocycles. The summed E-state index contributed by atoms with van der Waals surface area (Å²) in [5.74, 6) is 0. The van der Waals surface area contributed by atoms with Crippen LogP contribution in [0, 0.1) is 0 Å². The molecule has 0 aromatic carbocycles. The molecule has 0 saturated heterocycles. The Balaban J connectivity index is 0. The summed E-state index contributed by atoms with van der Waals surface area (Å²) in [6.07, 6.45) is 11.5. The second-order valence-corrected chi connectivity index (χ2v) is 4.35. The molecule has 0 aliphatic heterocycles. The smallest absolute Gasteiger partial charge is 0.0311 e. The van der Waals surface area contributed by atoms with Gasteiger partial charge in [-0.2, -0.15) is 0 Å². The van der Waals surface area contributed by atoms with Gasteiger partial charge < -0.3 is 9.11 Å². The highest BCUT2D eigenvalue weighted by atomic mass is 32.3. The van der Waals surface area contributed by atoms with Gasteiger partial charge in [0.2, 0.25) is 0 Å². The van der Waals surface area contributed by atoms with Crippen molar-refractivity contribution in [1.82, 2.24) is 0 Å². The molecule has 4 nitrogen and oxygen atoms in total. The van der Waals surface area contributed by atoms with Gasteiger partial charge in [-0.25, -0.2) is 0 Å². The van der Waals surface area contributed by atoms with Crippen LogP contribution in [-0.4, -0.2) is 17.5 Å². The van der Waals surface area contributed by atoms with Gasteiger partial charge in [-0.05, 0) is 0 Å². The van der Waals surface area contributed by atoms with E-state index in [1.807, 2.05) is 0 Å². The topological polar surface area (TPSA) is 80.3 Å². The van der Waals surface area contributed by atoms with E-state index in [1.54, 1.807) is 0 Å². The lowest BCUT2D eigenvalue weighted by Crippen LogP contribution is -1.91. The van der Waals surface area contributed by atoms with Gasteiger partial charge in [-0.3, -0.25) is 8.42 Å². The minimum absolute atomic E-state index is 1.37. The van der Waals surface area contributed by atoms with Crippen LogP contribution < -0.4 is 0 Å². The number of hydrogen-bond acceptors (Lipinski definition) is 4. The average Bonchev–Trinajstić information content (AvgIpc) is 2.08. The summed E-state index contributed by atoms with van der Waals surface area (Å²) in [5.41, 5.74) is 0. The van der Waals surface area contributed by atoms with Crippen molar-refractivity contribution < 1.29 is 17.5 Å². The molecular weight excluding hydrogens is 216 g/mol. The first-order valence-corrected chi connectivity index (χ1v) is 6.91. The van der Waals surface area contributed by atoms with Crippen molar-refractivity contribution in [1.29, 1.82) is 0 Å². The van der Waals surface area contributed by atoms with Crippen LogP contribution in [0.15, 0.2) is 0 Å². The zero-order chi connectivity index (χ0) is 12.2. The van der Waals surface area contributed by atoms with Crippen molar-refractivity contribution >= 4 is 10.4 Å². The van der Waals surface area contributed by atoms with E-state index in [1.165, 1.54) is 51.4 Å². The summed E-state index contributed by atoms with van der Waals surface area (Å²) < 4.78 is 34.1. The fourth-order valence-corrected chi connectivity index (χ4v) is 1.21. The van der Waals surface area contributed by atoms with Gasteiger partial charge >= 0.3 is 0 Å². The maximum atomic E-state index is 8.52. The van der Waals surface area contributed by atoms with E-state index in [4.69, 9.17) is 17.5 Å². The summed E-state index contributed by atoms with van der Waals surface area (Å²) in [4.78, 5) is 0. The van der Waals surface area contributed by atoms with Crippen molar-refractivity contribution in [2.24, 2.45) is 0 Å². The Hall–Kier alpha value is -0.130. The fraction of sp³-hybridized carbons (Fsp3) is 1.00. The first kappa shape index (κ1) is 17.3. The number of rotatable bonds is 7. The van der Waals surface area contributed by atoms with Gasteiger partial charge in [0.05, 0.1) is 0 Å². The molecule has 0 atom stereocenters. The van der Waals surface area contributed by atoms with E-state index in [9.17, 15) is 0 Å². The summed E-state index contributed by atoms with van der Waals surface area (Å²) in [6, 6.07) is 0. The van der Waals surface area contributed by atoms with Crippen molar-refractivity contribution in [2.75, 3.05) is 0 Å². The highest BCUT2D eigenvalue weighted by molar-refractivity contribution is 7.79. The SMILES string of the molecule is CCCCCCCCCC.O=S(=O)([O-])[O-]. The molecule has 0 aromatic rings. The Morgan fingerprint density at radius 2 is 0.933 bits per heavy atom. The Labute approximate surface area is 93.7 Å². The average molecular weight is 238 g/mol. The van der Waals surface area contributed by atoms with Gasteiger partial charge in [0.25, 0.3) is 0 Å². The maximum absolute atomic E-state index is 8.52. The van der Waals surface area contributed by atoms with E-state index in [0.717, 1.165) is 0 Å². The van der Waals surface area contributed by atoms with E-state index < -0.39 is 10.4 Å². The third kappa shape index (κ3) is 41.4. The van der Waals surface area contributed by atoms with Gasteiger partial charge in [0.1, 0.15) is 0 Å².